The molecule has 1 aromatic carbocycles. The average Bonchev–Trinajstić information content (AvgIpc) is 2.82. The summed E-state index contributed by atoms with van der Waals surface area (Å²) in [6.07, 6.45) is 2.41. The van der Waals surface area contributed by atoms with E-state index in [2.05, 4.69) is 4.98 Å². The van der Waals surface area contributed by atoms with Gasteiger partial charge < -0.3 is 14.3 Å². The van der Waals surface area contributed by atoms with Crippen molar-refractivity contribution in [3.63, 3.8) is 0 Å². The van der Waals surface area contributed by atoms with Crippen molar-refractivity contribution >= 4 is 63.3 Å². The fourth-order valence-electron chi connectivity index (χ4n) is 1.18. The molecule has 0 amide bonds. The third kappa shape index (κ3) is 3.75. The normalized spacial score (nSPS) is 9.33. The number of ether oxygens (including phenoxy) is 1. The van der Waals surface area contributed by atoms with E-state index in [0.717, 1.165) is 0 Å². The summed E-state index contributed by atoms with van der Waals surface area (Å²) < 4.78 is 9.50. The van der Waals surface area contributed by atoms with Gasteiger partial charge in [-0.25, -0.2) is 9.59 Å². The van der Waals surface area contributed by atoms with Crippen LogP contribution in [0.3, 0.4) is 0 Å². The molecule has 0 aliphatic carbocycles. The molecular weight excluding hydrogens is 265 g/mol. The number of carboxylic acid groups (broad SMARTS) is 1. The summed E-state index contributed by atoms with van der Waals surface area (Å²) in [5.41, 5.74) is 0.120. The molecule has 18 heavy (non-hydrogen) atoms. The molecule has 1 N–H and O–H groups in total. The first-order chi connectivity index (χ1) is 8.16. The topological polar surface area (TPSA) is 89.6 Å². The van der Waals surface area contributed by atoms with E-state index in [4.69, 9.17) is 14.3 Å². The van der Waals surface area contributed by atoms with Crippen LogP contribution in [0.4, 0.5) is 0 Å². The summed E-state index contributed by atoms with van der Waals surface area (Å²) in [6, 6.07) is 5.49. The first-order valence-electron chi connectivity index (χ1n) is 4.62. The van der Waals surface area contributed by atoms with E-state index >= 15 is 0 Å². The molecule has 1 heterocycles. The minimum atomic E-state index is -1.12. The van der Waals surface area contributed by atoms with Gasteiger partial charge in [0, 0.05) is 0 Å². The van der Waals surface area contributed by atoms with Crippen LogP contribution in [0, 0.1) is 0 Å². The molecule has 0 aliphatic rings. The molecular formula is C11H8KNO5. The van der Waals surface area contributed by atoms with E-state index in [-0.39, 0.29) is 68.6 Å². The van der Waals surface area contributed by atoms with Crippen molar-refractivity contribution in [1.29, 1.82) is 0 Å². The Morgan fingerprint density at radius 3 is 2.61 bits per heavy atom. The van der Waals surface area contributed by atoms with Crippen LogP contribution in [-0.4, -0.2) is 73.4 Å². The number of carboxylic acids is 1. The maximum absolute atomic E-state index is 11.6. The maximum atomic E-state index is 11.6. The predicted molar refractivity (Wildman–Crippen MR) is 62.0 cm³/mol. The number of esters is 1. The molecule has 0 unspecified atom stereocenters. The van der Waals surface area contributed by atoms with Crippen LogP contribution in [0.2, 0.25) is 0 Å². The first kappa shape index (κ1) is 15.1. The van der Waals surface area contributed by atoms with Gasteiger partial charge in [-0.15, -0.1) is 0 Å². The molecule has 7 heteroatoms. The number of carbonyl (C=O) groups excluding carboxylic acids is 1. The predicted octanol–water partition coefficient (Wildman–Crippen LogP) is 0.943. The van der Waals surface area contributed by atoms with E-state index < -0.39 is 11.9 Å². The fourth-order valence-corrected chi connectivity index (χ4v) is 1.18. The summed E-state index contributed by atoms with van der Waals surface area (Å²) in [4.78, 5) is 25.9. The van der Waals surface area contributed by atoms with Gasteiger partial charge in [-0.05, 0) is 18.2 Å². The number of oxazole rings is 1. The van der Waals surface area contributed by atoms with E-state index in [1.807, 2.05) is 0 Å². The van der Waals surface area contributed by atoms with E-state index in [1.165, 1.54) is 36.7 Å². The zero-order chi connectivity index (χ0) is 12.3. The van der Waals surface area contributed by atoms with E-state index in [9.17, 15) is 9.59 Å². The molecule has 0 saturated heterocycles. The SMILES string of the molecule is O=C(O)c1cccc(C(=O)Oc2ncco2)c1.[KH]. The Morgan fingerprint density at radius 1 is 1.28 bits per heavy atom. The van der Waals surface area contributed by atoms with Crippen molar-refractivity contribution in [2.45, 2.75) is 0 Å². The number of benzene rings is 1. The van der Waals surface area contributed by atoms with Crippen LogP contribution in [0.1, 0.15) is 20.7 Å². The molecule has 0 aliphatic heterocycles. The molecule has 2 aromatic rings. The van der Waals surface area contributed by atoms with E-state index in [0.29, 0.717) is 0 Å². The third-order valence-corrected chi connectivity index (χ3v) is 1.93. The van der Waals surface area contributed by atoms with Crippen LogP contribution in [0.15, 0.2) is 41.1 Å². The molecule has 0 saturated carbocycles. The van der Waals surface area contributed by atoms with Crippen LogP contribution >= 0.6 is 0 Å². The summed E-state index contributed by atoms with van der Waals surface area (Å²) in [6.45, 7) is 0. The zero-order valence-corrected chi connectivity index (χ0v) is 8.49. The summed E-state index contributed by atoms with van der Waals surface area (Å²) in [5, 5.41) is 8.76. The molecule has 0 fully saturated rings. The molecule has 1 aromatic heterocycles. The van der Waals surface area contributed by atoms with Crippen molar-refractivity contribution in [2.24, 2.45) is 0 Å². The molecule has 0 spiro atoms. The number of hydrogen-bond donors (Lipinski definition) is 1. The Labute approximate surface area is 144 Å². The van der Waals surface area contributed by atoms with Gasteiger partial charge >= 0.3 is 69.4 Å². The Hall–Kier alpha value is -0.994. The minimum absolute atomic E-state index is 0. The number of nitrogens with zero attached hydrogens (tertiary/aromatic N) is 1. The van der Waals surface area contributed by atoms with Crippen molar-refractivity contribution in [1.82, 2.24) is 4.98 Å². The van der Waals surface area contributed by atoms with Crippen LogP contribution in [0.5, 0.6) is 6.08 Å². The number of hydrogen-bond acceptors (Lipinski definition) is 5. The van der Waals surface area contributed by atoms with Gasteiger partial charge in [-0.1, -0.05) is 6.07 Å². The quantitative estimate of drug-likeness (QED) is 0.661. The van der Waals surface area contributed by atoms with Gasteiger partial charge in [-0.2, -0.15) is 4.98 Å². The second-order valence-electron chi connectivity index (χ2n) is 3.07. The molecule has 0 atom stereocenters. The Kier molecular flexibility index (Phi) is 5.70. The Morgan fingerprint density at radius 2 is 2.00 bits per heavy atom. The fraction of sp³-hybridized carbons (Fsp3) is 0. The second-order valence-corrected chi connectivity index (χ2v) is 3.07. The number of aromatic nitrogens is 1. The van der Waals surface area contributed by atoms with Crippen LogP contribution < -0.4 is 4.74 Å². The molecule has 6 nitrogen and oxygen atoms in total. The van der Waals surface area contributed by atoms with Crippen molar-refractivity contribution < 1.29 is 23.8 Å². The first-order valence-corrected chi connectivity index (χ1v) is 4.62. The van der Waals surface area contributed by atoms with Gasteiger partial charge in [0.15, 0.2) is 0 Å². The Balaban J connectivity index is 0.00000162. The molecule has 0 radical (unpaired) electrons. The van der Waals surface area contributed by atoms with Crippen molar-refractivity contribution in [2.75, 3.05) is 0 Å². The monoisotopic (exact) mass is 273 g/mol. The zero-order valence-electron chi connectivity index (χ0n) is 8.49. The van der Waals surface area contributed by atoms with E-state index in [1.54, 1.807) is 0 Å². The molecule has 0 bridgehead atoms. The van der Waals surface area contributed by atoms with Gasteiger partial charge in [0.2, 0.25) is 0 Å². The number of rotatable bonds is 3. The standard InChI is InChI=1S/C11H7NO5.K.H/c13-9(14)7-2-1-3-8(6-7)10(15)17-11-12-4-5-16-11;;/h1-6H,(H,13,14);;. The molecule has 88 valence electrons. The van der Waals surface area contributed by atoms with Gasteiger partial charge in [0.05, 0.1) is 17.3 Å². The number of aromatic carboxylic acids is 1. The van der Waals surface area contributed by atoms with Crippen molar-refractivity contribution in [3.05, 3.63) is 47.9 Å². The van der Waals surface area contributed by atoms with Gasteiger partial charge in [0.1, 0.15) is 6.26 Å². The average molecular weight is 273 g/mol. The Bertz CT molecular complexity index is 552. The summed E-state index contributed by atoms with van der Waals surface area (Å²) in [5.74, 6) is -1.84. The number of carbonyl (C=O) groups is 2. The summed E-state index contributed by atoms with van der Waals surface area (Å²) in [7, 11) is 0. The summed E-state index contributed by atoms with van der Waals surface area (Å²) >= 11 is 0. The van der Waals surface area contributed by atoms with Crippen LogP contribution in [0.25, 0.3) is 0 Å². The van der Waals surface area contributed by atoms with Gasteiger partial charge in [-0.3, -0.25) is 0 Å². The second kappa shape index (κ2) is 6.81. The van der Waals surface area contributed by atoms with Gasteiger partial charge in [0.25, 0.3) is 0 Å². The third-order valence-electron chi connectivity index (χ3n) is 1.93. The molecule has 2 rings (SSSR count). The van der Waals surface area contributed by atoms with Crippen LogP contribution in [-0.2, 0) is 0 Å². The van der Waals surface area contributed by atoms with Crippen molar-refractivity contribution in [3.8, 4) is 6.08 Å².